The summed E-state index contributed by atoms with van der Waals surface area (Å²) >= 11 is 0. The number of nitrogens with one attached hydrogen (secondary N) is 1. The van der Waals surface area contributed by atoms with Crippen molar-refractivity contribution >= 4 is 0 Å². The number of pyridine rings is 1. The molecule has 1 saturated heterocycles. The van der Waals surface area contributed by atoms with Crippen molar-refractivity contribution in [3.05, 3.63) is 29.6 Å². The van der Waals surface area contributed by atoms with Crippen LogP contribution in [0.2, 0.25) is 0 Å². The minimum atomic E-state index is 0.463. The van der Waals surface area contributed by atoms with E-state index in [0.717, 1.165) is 19.6 Å². The fourth-order valence-corrected chi connectivity index (χ4v) is 3.06. The summed E-state index contributed by atoms with van der Waals surface area (Å²) in [5.41, 5.74) is 2.69. The Hall–Kier alpha value is -0.930. The molecule has 0 bridgehead atoms. The van der Waals surface area contributed by atoms with E-state index in [9.17, 15) is 0 Å². The van der Waals surface area contributed by atoms with Crippen molar-refractivity contribution in [1.82, 2.24) is 10.3 Å². The average molecular weight is 246 g/mol. The van der Waals surface area contributed by atoms with Gasteiger partial charge in [-0.2, -0.15) is 0 Å². The van der Waals surface area contributed by atoms with E-state index >= 15 is 0 Å². The summed E-state index contributed by atoms with van der Waals surface area (Å²) in [4.78, 5) is 4.51. The highest BCUT2D eigenvalue weighted by Crippen LogP contribution is 2.28. The van der Waals surface area contributed by atoms with Crippen molar-refractivity contribution in [2.24, 2.45) is 0 Å². The fraction of sp³-hybridized carbons (Fsp3) is 0.667. The minimum absolute atomic E-state index is 0.463. The minimum Gasteiger partial charge on any atom is -0.378 e. The van der Waals surface area contributed by atoms with Gasteiger partial charge in [-0.15, -0.1) is 0 Å². The van der Waals surface area contributed by atoms with Gasteiger partial charge in [0.1, 0.15) is 0 Å². The summed E-state index contributed by atoms with van der Waals surface area (Å²) in [6.07, 6.45) is 9.69. The van der Waals surface area contributed by atoms with Gasteiger partial charge < -0.3 is 10.1 Å². The van der Waals surface area contributed by atoms with E-state index in [4.69, 9.17) is 4.74 Å². The molecule has 0 spiro atoms. The molecule has 18 heavy (non-hydrogen) atoms. The first-order valence-electron chi connectivity index (χ1n) is 7.22. The summed E-state index contributed by atoms with van der Waals surface area (Å²) in [7, 11) is 0. The Bertz CT molecular complexity index is 388. The molecule has 1 aromatic heterocycles. The van der Waals surface area contributed by atoms with E-state index in [0.29, 0.717) is 12.1 Å². The quantitative estimate of drug-likeness (QED) is 0.886. The number of aryl methyl sites for hydroxylation is 1. The number of hydrogen-bond acceptors (Lipinski definition) is 3. The van der Waals surface area contributed by atoms with Crippen molar-refractivity contribution in [3.8, 4) is 0 Å². The van der Waals surface area contributed by atoms with Crippen LogP contribution < -0.4 is 5.32 Å². The lowest BCUT2D eigenvalue weighted by Crippen LogP contribution is -2.27. The third kappa shape index (κ3) is 2.73. The first kappa shape index (κ1) is 12.1. The maximum atomic E-state index is 5.76. The second kappa shape index (κ2) is 5.81. The molecule has 1 aliphatic heterocycles. The second-order valence-corrected chi connectivity index (χ2v) is 5.37. The molecule has 2 unspecified atom stereocenters. The number of ether oxygens (including phenoxy) is 1. The zero-order valence-corrected chi connectivity index (χ0v) is 10.9. The number of aromatic nitrogens is 1. The predicted molar refractivity (Wildman–Crippen MR) is 71.5 cm³/mol. The van der Waals surface area contributed by atoms with Gasteiger partial charge in [-0.05, 0) is 56.7 Å². The molecule has 3 heteroatoms. The largest absolute Gasteiger partial charge is 0.378 e. The highest BCUT2D eigenvalue weighted by molar-refractivity contribution is 5.27. The van der Waals surface area contributed by atoms with Crippen LogP contribution in [0.3, 0.4) is 0 Å². The molecule has 3 rings (SSSR count). The van der Waals surface area contributed by atoms with Crippen LogP contribution >= 0.6 is 0 Å². The van der Waals surface area contributed by atoms with Crippen molar-refractivity contribution in [2.45, 2.75) is 50.7 Å². The van der Waals surface area contributed by atoms with Crippen LogP contribution in [-0.4, -0.2) is 24.2 Å². The molecule has 1 aromatic rings. The van der Waals surface area contributed by atoms with Crippen molar-refractivity contribution in [1.29, 1.82) is 0 Å². The lowest BCUT2D eigenvalue weighted by molar-refractivity contribution is 0.0112. The molecule has 0 radical (unpaired) electrons. The van der Waals surface area contributed by atoms with Crippen molar-refractivity contribution in [2.75, 3.05) is 13.2 Å². The number of hydrogen-bond donors (Lipinski definition) is 1. The summed E-state index contributed by atoms with van der Waals surface area (Å²) in [5.74, 6) is 0. The summed E-state index contributed by atoms with van der Waals surface area (Å²) < 4.78 is 5.76. The Morgan fingerprint density at radius 3 is 3.22 bits per heavy atom. The Kier molecular flexibility index (Phi) is 3.91. The van der Waals surface area contributed by atoms with E-state index < -0.39 is 0 Å². The molecule has 2 heterocycles. The zero-order chi connectivity index (χ0) is 12.2. The zero-order valence-electron chi connectivity index (χ0n) is 10.9. The Balaban J connectivity index is 1.47. The molecule has 0 aromatic carbocycles. The van der Waals surface area contributed by atoms with Crippen molar-refractivity contribution in [3.63, 3.8) is 0 Å². The monoisotopic (exact) mass is 246 g/mol. The van der Waals surface area contributed by atoms with Gasteiger partial charge in [-0.25, -0.2) is 0 Å². The molecule has 2 aliphatic rings. The SMILES string of the molecule is c1cnc2c(c1)CCC2NCCC1CCCCO1. The Morgan fingerprint density at radius 1 is 1.33 bits per heavy atom. The lowest BCUT2D eigenvalue weighted by atomic mass is 10.1. The van der Waals surface area contributed by atoms with Crippen LogP contribution in [0.5, 0.6) is 0 Å². The summed E-state index contributed by atoms with van der Waals surface area (Å²) in [6, 6.07) is 4.70. The summed E-state index contributed by atoms with van der Waals surface area (Å²) in [5, 5.41) is 3.64. The predicted octanol–water partition coefficient (Wildman–Crippen LogP) is 2.62. The Labute approximate surface area is 109 Å². The van der Waals surface area contributed by atoms with Gasteiger partial charge in [0.25, 0.3) is 0 Å². The van der Waals surface area contributed by atoms with E-state index in [1.165, 1.54) is 43.4 Å². The molecular weight excluding hydrogens is 224 g/mol. The second-order valence-electron chi connectivity index (χ2n) is 5.37. The topological polar surface area (TPSA) is 34.2 Å². The molecule has 0 amide bonds. The molecular formula is C15H22N2O. The van der Waals surface area contributed by atoms with Gasteiger partial charge in [0.05, 0.1) is 17.8 Å². The van der Waals surface area contributed by atoms with Gasteiger partial charge in [-0.3, -0.25) is 4.98 Å². The average Bonchev–Trinajstić information content (AvgIpc) is 2.84. The third-order valence-corrected chi connectivity index (χ3v) is 4.09. The molecule has 1 fully saturated rings. The maximum absolute atomic E-state index is 5.76. The van der Waals surface area contributed by atoms with Gasteiger partial charge in [0.2, 0.25) is 0 Å². The smallest absolute Gasteiger partial charge is 0.0605 e. The van der Waals surface area contributed by atoms with Gasteiger partial charge in [0, 0.05) is 12.8 Å². The van der Waals surface area contributed by atoms with Crippen LogP contribution in [0.4, 0.5) is 0 Å². The molecule has 1 aliphatic carbocycles. The van der Waals surface area contributed by atoms with E-state index in [1.807, 2.05) is 12.3 Å². The van der Waals surface area contributed by atoms with E-state index in [-0.39, 0.29) is 0 Å². The summed E-state index contributed by atoms with van der Waals surface area (Å²) in [6.45, 7) is 2.00. The first-order valence-corrected chi connectivity index (χ1v) is 7.22. The molecule has 0 saturated carbocycles. The highest BCUT2D eigenvalue weighted by atomic mass is 16.5. The molecule has 1 N–H and O–H groups in total. The van der Waals surface area contributed by atoms with Crippen LogP contribution in [-0.2, 0) is 11.2 Å². The fourth-order valence-electron chi connectivity index (χ4n) is 3.06. The van der Waals surface area contributed by atoms with Crippen LogP contribution in [0.25, 0.3) is 0 Å². The van der Waals surface area contributed by atoms with Crippen LogP contribution in [0.15, 0.2) is 18.3 Å². The number of fused-ring (bicyclic) bond motifs is 1. The standard InChI is InChI=1S/C15H22N2O/c1-2-11-18-13(5-1)8-10-16-14-7-6-12-4-3-9-17-15(12)14/h3-4,9,13-14,16H,1-2,5-8,10-11H2. The highest BCUT2D eigenvalue weighted by Gasteiger charge is 2.23. The van der Waals surface area contributed by atoms with Gasteiger partial charge >= 0.3 is 0 Å². The van der Waals surface area contributed by atoms with Crippen LogP contribution in [0, 0.1) is 0 Å². The van der Waals surface area contributed by atoms with Crippen molar-refractivity contribution < 1.29 is 4.74 Å². The van der Waals surface area contributed by atoms with E-state index in [1.54, 1.807) is 0 Å². The normalized spacial score (nSPS) is 27.1. The number of nitrogens with zero attached hydrogens (tertiary/aromatic N) is 1. The maximum Gasteiger partial charge on any atom is 0.0605 e. The van der Waals surface area contributed by atoms with Gasteiger partial charge in [0.15, 0.2) is 0 Å². The lowest BCUT2D eigenvalue weighted by Gasteiger charge is -2.23. The molecule has 3 nitrogen and oxygen atoms in total. The molecule has 2 atom stereocenters. The Morgan fingerprint density at radius 2 is 2.33 bits per heavy atom. The molecule has 98 valence electrons. The van der Waals surface area contributed by atoms with Gasteiger partial charge in [-0.1, -0.05) is 6.07 Å². The van der Waals surface area contributed by atoms with Crippen LogP contribution in [0.1, 0.15) is 49.4 Å². The third-order valence-electron chi connectivity index (χ3n) is 4.09. The first-order chi connectivity index (χ1) is 8.93. The number of rotatable bonds is 4. The van der Waals surface area contributed by atoms with E-state index in [2.05, 4.69) is 16.4 Å².